The number of hydrogen-bond donors (Lipinski definition) is 0. The normalized spacial score (nSPS) is 24.1. The average Bonchev–Trinajstić information content (AvgIpc) is 2.96. The second-order valence-electron chi connectivity index (χ2n) is 5.63. The summed E-state index contributed by atoms with van der Waals surface area (Å²) in [5.74, 6) is 0.487. The molecule has 1 aliphatic rings. The van der Waals surface area contributed by atoms with E-state index in [4.69, 9.17) is 16.3 Å². The van der Waals surface area contributed by atoms with E-state index in [1.165, 1.54) is 16.3 Å². The van der Waals surface area contributed by atoms with Crippen LogP contribution in [0.4, 0.5) is 0 Å². The summed E-state index contributed by atoms with van der Waals surface area (Å²) in [6, 6.07) is 15.0. The highest BCUT2D eigenvalue weighted by Crippen LogP contribution is 2.32. The number of ether oxygens (including phenoxy) is 1. The molecule has 0 N–H and O–H groups in total. The number of rotatable bonds is 4. The molecule has 0 aliphatic carbocycles. The van der Waals surface area contributed by atoms with Crippen molar-refractivity contribution in [3.05, 3.63) is 48.0 Å². The summed E-state index contributed by atoms with van der Waals surface area (Å²) >= 11 is 6.72. The van der Waals surface area contributed by atoms with Gasteiger partial charge in [-0.1, -0.05) is 49.4 Å². The zero-order chi connectivity index (χ0) is 13.9. The lowest BCUT2D eigenvalue weighted by atomic mass is 9.90. The third kappa shape index (κ3) is 2.70. The third-order valence-electron chi connectivity index (χ3n) is 4.42. The SMILES string of the molecule is CCC1OCCC1C(Cl)Cc1cccc2ccccc12. The monoisotopic (exact) mass is 288 g/mol. The summed E-state index contributed by atoms with van der Waals surface area (Å²) in [7, 11) is 0. The highest BCUT2D eigenvalue weighted by molar-refractivity contribution is 6.21. The molecule has 0 bridgehead atoms. The van der Waals surface area contributed by atoms with Crippen molar-refractivity contribution in [1.82, 2.24) is 0 Å². The summed E-state index contributed by atoms with van der Waals surface area (Å²) in [5, 5.41) is 2.78. The maximum Gasteiger partial charge on any atom is 0.0615 e. The Morgan fingerprint density at radius 3 is 2.85 bits per heavy atom. The van der Waals surface area contributed by atoms with E-state index in [0.717, 1.165) is 25.9 Å². The average molecular weight is 289 g/mol. The van der Waals surface area contributed by atoms with Crippen LogP contribution in [0.2, 0.25) is 0 Å². The van der Waals surface area contributed by atoms with Gasteiger partial charge in [0.2, 0.25) is 0 Å². The lowest BCUT2D eigenvalue weighted by molar-refractivity contribution is 0.0865. The molecule has 1 fully saturated rings. The van der Waals surface area contributed by atoms with Crippen molar-refractivity contribution in [2.45, 2.75) is 37.7 Å². The van der Waals surface area contributed by atoms with Crippen molar-refractivity contribution >= 4 is 22.4 Å². The van der Waals surface area contributed by atoms with E-state index >= 15 is 0 Å². The zero-order valence-electron chi connectivity index (χ0n) is 11.9. The van der Waals surface area contributed by atoms with Crippen molar-refractivity contribution in [3.8, 4) is 0 Å². The molecule has 1 saturated heterocycles. The van der Waals surface area contributed by atoms with Crippen molar-refractivity contribution in [1.29, 1.82) is 0 Å². The molecular weight excluding hydrogens is 268 g/mol. The van der Waals surface area contributed by atoms with Gasteiger partial charge in [-0.05, 0) is 35.6 Å². The van der Waals surface area contributed by atoms with Gasteiger partial charge in [0.1, 0.15) is 0 Å². The Bertz CT molecular complexity index is 575. The maximum absolute atomic E-state index is 6.72. The first kappa shape index (κ1) is 13.9. The minimum atomic E-state index is 0.160. The van der Waals surface area contributed by atoms with Crippen LogP contribution in [-0.4, -0.2) is 18.1 Å². The fourth-order valence-electron chi connectivity index (χ4n) is 3.33. The van der Waals surface area contributed by atoms with E-state index in [0.29, 0.717) is 12.0 Å². The smallest absolute Gasteiger partial charge is 0.0615 e. The van der Waals surface area contributed by atoms with E-state index < -0.39 is 0 Å². The van der Waals surface area contributed by atoms with Gasteiger partial charge in [-0.15, -0.1) is 11.6 Å². The minimum absolute atomic E-state index is 0.160. The Morgan fingerprint density at radius 1 is 1.20 bits per heavy atom. The first-order valence-corrected chi connectivity index (χ1v) is 7.95. The second kappa shape index (κ2) is 6.15. The van der Waals surface area contributed by atoms with Gasteiger partial charge in [0, 0.05) is 17.9 Å². The molecule has 1 nitrogen and oxygen atoms in total. The number of alkyl halides is 1. The summed E-state index contributed by atoms with van der Waals surface area (Å²) in [6.07, 6.45) is 3.42. The maximum atomic E-state index is 6.72. The summed E-state index contributed by atoms with van der Waals surface area (Å²) < 4.78 is 5.78. The van der Waals surface area contributed by atoms with Crippen LogP contribution in [0.5, 0.6) is 0 Å². The van der Waals surface area contributed by atoms with Crippen LogP contribution in [0.1, 0.15) is 25.3 Å². The molecule has 2 aromatic rings. The molecule has 106 valence electrons. The van der Waals surface area contributed by atoms with Gasteiger partial charge in [0.25, 0.3) is 0 Å². The number of hydrogen-bond acceptors (Lipinski definition) is 1. The van der Waals surface area contributed by atoms with Gasteiger partial charge in [0.05, 0.1) is 6.10 Å². The standard InChI is InChI=1S/C18H21ClO/c1-2-18-16(10-11-20-18)17(19)12-14-8-5-7-13-6-3-4-9-15(13)14/h3-9,16-18H,2,10-12H2,1H3. The molecule has 2 aromatic carbocycles. The van der Waals surface area contributed by atoms with E-state index in [9.17, 15) is 0 Å². The van der Waals surface area contributed by atoms with Crippen LogP contribution in [0.3, 0.4) is 0 Å². The number of benzene rings is 2. The van der Waals surface area contributed by atoms with E-state index in [2.05, 4.69) is 49.4 Å². The topological polar surface area (TPSA) is 9.23 Å². The van der Waals surface area contributed by atoms with E-state index in [-0.39, 0.29) is 5.38 Å². The Labute approximate surface area is 125 Å². The van der Waals surface area contributed by atoms with Gasteiger partial charge in [-0.2, -0.15) is 0 Å². The molecule has 3 rings (SSSR count). The van der Waals surface area contributed by atoms with E-state index in [1.807, 2.05) is 0 Å². The van der Waals surface area contributed by atoms with Crippen LogP contribution in [0.25, 0.3) is 10.8 Å². The fraction of sp³-hybridized carbons (Fsp3) is 0.444. The Kier molecular flexibility index (Phi) is 4.28. The molecule has 1 aliphatic heterocycles. The summed E-state index contributed by atoms with van der Waals surface area (Å²) in [5.41, 5.74) is 1.35. The molecule has 1 heterocycles. The highest BCUT2D eigenvalue weighted by atomic mass is 35.5. The Balaban J connectivity index is 1.82. The van der Waals surface area contributed by atoms with Crippen LogP contribution < -0.4 is 0 Å². The van der Waals surface area contributed by atoms with E-state index in [1.54, 1.807) is 0 Å². The molecule has 0 amide bonds. The van der Waals surface area contributed by atoms with Gasteiger partial charge in [0.15, 0.2) is 0 Å². The minimum Gasteiger partial charge on any atom is -0.378 e. The number of fused-ring (bicyclic) bond motifs is 1. The number of halogens is 1. The molecule has 0 spiro atoms. The lowest BCUT2D eigenvalue weighted by Gasteiger charge is -2.22. The first-order chi connectivity index (χ1) is 9.79. The predicted octanol–water partition coefficient (Wildman–Crippen LogP) is 4.80. The molecule has 0 saturated carbocycles. The van der Waals surface area contributed by atoms with Gasteiger partial charge in [-0.3, -0.25) is 0 Å². The first-order valence-electron chi connectivity index (χ1n) is 7.52. The van der Waals surface area contributed by atoms with Gasteiger partial charge >= 0.3 is 0 Å². The molecular formula is C18H21ClO. The van der Waals surface area contributed by atoms with Crippen molar-refractivity contribution in [2.75, 3.05) is 6.61 Å². The van der Waals surface area contributed by atoms with Crippen LogP contribution in [0, 0.1) is 5.92 Å². The van der Waals surface area contributed by atoms with Crippen molar-refractivity contribution in [3.63, 3.8) is 0 Å². The lowest BCUT2D eigenvalue weighted by Crippen LogP contribution is -2.25. The van der Waals surface area contributed by atoms with Gasteiger partial charge in [-0.25, -0.2) is 0 Å². The van der Waals surface area contributed by atoms with Crippen LogP contribution in [-0.2, 0) is 11.2 Å². The molecule has 0 radical (unpaired) electrons. The third-order valence-corrected chi connectivity index (χ3v) is 4.90. The second-order valence-corrected chi connectivity index (χ2v) is 6.19. The van der Waals surface area contributed by atoms with Crippen molar-refractivity contribution in [2.24, 2.45) is 5.92 Å². The summed E-state index contributed by atoms with van der Waals surface area (Å²) in [4.78, 5) is 0. The highest BCUT2D eigenvalue weighted by Gasteiger charge is 2.32. The van der Waals surface area contributed by atoms with Gasteiger partial charge < -0.3 is 4.74 Å². The molecule has 0 aromatic heterocycles. The Hall–Kier alpha value is -1.05. The Morgan fingerprint density at radius 2 is 2.00 bits per heavy atom. The summed E-state index contributed by atoms with van der Waals surface area (Å²) in [6.45, 7) is 3.05. The fourth-order valence-corrected chi connectivity index (χ4v) is 3.79. The van der Waals surface area contributed by atoms with Crippen molar-refractivity contribution < 1.29 is 4.74 Å². The quantitative estimate of drug-likeness (QED) is 0.734. The molecule has 2 heteroatoms. The molecule has 3 unspecified atom stereocenters. The largest absolute Gasteiger partial charge is 0.378 e. The molecule has 3 atom stereocenters. The van der Waals surface area contributed by atoms with Crippen LogP contribution >= 0.6 is 11.6 Å². The zero-order valence-corrected chi connectivity index (χ0v) is 12.6. The predicted molar refractivity (Wildman–Crippen MR) is 85.4 cm³/mol. The van der Waals surface area contributed by atoms with Crippen LogP contribution in [0.15, 0.2) is 42.5 Å². The molecule has 20 heavy (non-hydrogen) atoms.